The van der Waals surface area contributed by atoms with Gasteiger partial charge in [0, 0.05) is 16.5 Å². The molecule has 0 saturated carbocycles. The van der Waals surface area contributed by atoms with Crippen LogP contribution in [0.15, 0.2) is 48.5 Å². The van der Waals surface area contributed by atoms with Gasteiger partial charge in [0.05, 0.1) is 11.2 Å². The number of pyridine rings is 1. The molecule has 0 N–H and O–H groups in total. The summed E-state index contributed by atoms with van der Waals surface area (Å²) >= 11 is 0. The highest BCUT2D eigenvalue weighted by molar-refractivity contribution is 5.89. The van der Waals surface area contributed by atoms with Crippen molar-refractivity contribution >= 4 is 10.9 Å². The van der Waals surface area contributed by atoms with Gasteiger partial charge in [0.25, 0.3) is 0 Å². The van der Waals surface area contributed by atoms with Gasteiger partial charge < -0.3 is 4.74 Å². The molecule has 0 amide bonds. The lowest BCUT2D eigenvalue weighted by Crippen LogP contribution is -2.31. The van der Waals surface area contributed by atoms with Gasteiger partial charge in [-0.1, -0.05) is 30.3 Å². The van der Waals surface area contributed by atoms with Crippen LogP contribution in [0.1, 0.15) is 25.0 Å². The molecule has 1 aromatic heterocycles. The van der Waals surface area contributed by atoms with E-state index in [0.717, 1.165) is 22.5 Å². The highest BCUT2D eigenvalue weighted by Crippen LogP contribution is 2.46. The minimum Gasteiger partial charge on any atom is -0.482 e. The van der Waals surface area contributed by atoms with Gasteiger partial charge in [0.2, 0.25) is 0 Å². The minimum absolute atomic E-state index is 0.370. The molecule has 2 heteroatoms. The Balaban J connectivity index is 2.17. The molecular formula is C19H17NO. The maximum atomic E-state index is 6.24. The highest BCUT2D eigenvalue weighted by atomic mass is 16.5. The summed E-state index contributed by atoms with van der Waals surface area (Å²) in [4.78, 5) is 4.93. The molecule has 0 aliphatic carbocycles. The fourth-order valence-corrected chi connectivity index (χ4v) is 3.39. The van der Waals surface area contributed by atoms with Crippen molar-refractivity contribution in [3.05, 3.63) is 59.7 Å². The molecule has 2 nitrogen and oxygen atoms in total. The van der Waals surface area contributed by atoms with Crippen LogP contribution < -0.4 is 4.74 Å². The summed E-state index contributed by atoms with van der Waals surface area (Å²) in [5.74, 6) is 0.914. The van der Waals surface area contributed by atoms with Gasteiger partial charge in [-0.25, -0.2) is 4.98 Å². The number of fused-ring (bicyclic) bond motifs is 4. The molecule has 0 unspecified atom stereocenters. The summed E-state index contributed by atoms with van der Waals surface area (Å²) < 4.78 is 6.24. The second-order valence-electron chi connectivity index (χ2n) is 6.09. The highest BCUT2D eigenvalue weighted by Gasteiger charge is 2.35. The van der Waals surface area contributed by atoms with Gasteiger partial charge in [-0.2, -0.15) is 0 Å². The largest absolute Gasteiger partial charge is 0.482 e. The zero-order valence-electron chi connectivity index (χ0n) is 12.5. The van der Waals surface area contributed by atoms with Crippen LogP contribution in [0, 0.1) is 6.92 Å². The lowest BCUT2D eigenvalue weighted by molar-refractivity contribution is 0.104. The standard InChI is InChI=1S/C19H17NO/c1-12-13-8-4-6-10-15(13)20-18-14-9-5-7-11-16(14)21-19(2,3)17(12)18/h4-11H,1-3H3. The van der Waals surface area contributed by atoms with Crippen molar-refractivity contribution in [1.82, 2.24) is 4.98 Å². The first-order valence-corrected chi connectivity index (χ1v) is 7.26. The van der Waals surface area contributed by atoms with E-state index in [1.165, 1.54) is 16.5 Å². The third kappa shape index (κ3) is 1.69. The van der Waals surface area contributed by atoms with Crippen molar-refractivity contribution in [2.45, 2.75) is 26.4 Å². The maximum absolute atomic E-state index is 6.24. The normalized spacial score (nSPS) is 15.2. The summed E-state index contributed by atoms with van der Waals surface area (Å²) in [6.07, 6.45) is 0. The topological polar surface area (TPSA) is 22.1 Å². The zero-order chi connectivity index (χ0) is 14.6. The number of hydrogen-bond donors (Lipinski definition) is 0. The van der Waals surface area contributed by atoms with Crippen LogP contribution in [-0.2, 0) is 5.60 Å². The Morgan fingerprint density at radius 3 is 2.52 bits per heavy atom. The number of rotatable bonds is 0. The molecule has 3 aromatic rings. The quantitative estimate of drug-likeness (QED) is 0.586. The molecule has 1 aliphatic rings. The van der Waals surface area contributed by atoms with Crippen LogP contribution in [0.25, 0.3) is 22.2 Å². The lowest BCUT2D eigenvalue weighted by atomic mass is 9.85. The van der Waals surface area contributed by atoms with E-state index in [4.69, 9.17) is 9.72 Å². The van der Waals surface area contributed by atoms with E-state index in [1.54, 1.807) is 0 Å². The van der Waals surface area contributed by atoms with Gasteiger partial charge in [-0.15, -0.1) is 0 Å². The van der Waals surface area contributed by atoms with E-state index in [2.05, 4.69) is 45.0 Å². The first-order chi connectivity index (χ1) is 10.1. The van der Waals surface area contributed by atoms with Crippen molar-refractivity contribution in [2.75, 3.05) is 0 Å². The number of para-hydroxylation sites is 2. The first kappa shape index (κ1) is 12.4. The summed E-state index contributed by atoms with van der Waals surface area (Å²) in [5, 5.41) is 1.20. The predicted octanol–water partition coefficient (Wildman–Crippen LogP) is 4.84. The predicted molar refractivity (Wildman–Crippen MR) is 85.6 cm³/mol. The SMILES string of the molecule is Cc1c2c(nc3ccccc13)-c1ccccc1OC2(C)C. The molecule has 2 aromatic carbocycles. The number of hydrogen-bond acceptors (Lipinski definition) is 2. The van der Waals surface area contributed by atoms with Gasteiger partial charge in [0.15, 0.2) is 0 Å². The van der Waals surface area contributed by atoms with Gasteiger partial charge in [-0.3, -0.25) is 0 Å². The van der Waals surface area contributed by atoms with E-state index >= 15 is 0 Å². The van der Waals surface area contributed by atoms with Crippen LogP contribution in [0.5, 0.6) is 5.75 Å². The number of benzene rings is 2. The molecule has 0 saturated heterocycles. The Morgan fingerprint density at radius 2 is 1.67 bits per heavy atom. The Morgan fingerprint density at radius 1 is 0.952 bits per heavy atom. The molecule has 104 valence electrons. The third-order valence-electron chi connectivity index (χ3n) is 4.26. The first-order valence-electron chi connectivity index (χ1n) is 7.26. The van der Waals surface area contributed by atoms with Gasteiger partial charge >= 0.3 is 0 Å². The molecule has 1 aliphatic heterocycles. The molecule has 21 heavy (non-hydrogen) atoms. The number of ether oxygens (including phenoxy) is 1. The lowest BCUT2D eigenvalue weighted by Gasteiger charge is -2.35. The Hall–Kier alpha value is -2.35. The maximum Gasteiger partial charge on any atom is 0.131 e. The second-order valence-corrected chi connectivity index (χ2v) is 6.09. The van der Waals surface area contributed by atoms with E-state index in [-0.39, 0.29) is 5.60 Å². The van der Waals surface area contributed by atoms with Gasteiger partial charge in [0.1, 0.15) is 11.4 Å². The monoisotopic (exact) mass is 275 g/mol. The summed E-state index contributed by atoms with van der Waals surface area (Å²) in [5.41, 5.74) is 5.26. The van der Waals surface area contributed by atoms with Crippen molar-refractivity contribution in [3.63, 3.8) is 0 Å². The Labute approximate surface area is 124 Å². The molecule has 2 heterocycles. The number of aryl methyl sites for hydroxylation is 1. The van der Waals surface area contributed by atoms with Gasteiger partial charge in [-0.05, 0) is 44.5 Å². The van der Waals surface area contributed by atoms with Crippen LogP contribution in [0.3, 0.4) is 0 Å². The third-order valence-corrected chi connectivity index (χ3v) is 4.26. The van der Waals surface area contributed by atoms with Crippen LogP contribution in [0.2, 0.25) is 0 Å². The molecule has 0 spiro atoms. The second kappa shape index (κ2) is 4.08. The van der Waals surface area contributed by atoms with Crippen molar-refractivity contribution in [3.8, 4) is 17.0 Å². The zero-order valence-corrected chi connectivity index (χ0v) is 12.5. The number of nitrogens with zero attached hydrogens (tertiary/aromatic N) is 1. The smallest absolute Gasteiger partial charge is 0.131 e. The Kier molecular flexibility index (Phi) is 2.41. The molecule has 0 atom stereocenters. The van der Waals surface area contributed by atoms with E-state index < -0.39 is 0 Å². The fraction of sp³-hybridized carbons (Fsp3) is 0.211. The average Bonchev–Trinajstić information content (AvgIpc) is 2.46. The molecule has 0 bridgehead atoms. The van der Waals surface area contributed by atoms with E-state index in [1.807, 2.05) is 24.3 Å². The Bertz CT molecular complexity index is 865. The van der Waals surface area contributed by atoms with E-state index in [9.17, 15) is 0 Å². The van der Waals surface area contributed by atoms with Crippen LogP contribution in [0.4, 0.5) is 0 Å². The van der Waals surface area contributed by atoms with Crippen molar-refractivity contribution in [2.24, 2.45) is 0 Å². The number of aromatic nitrogens is 1. The van der Waals surface area contributed by atoms with Crippen molar-refractivity contribution in [1.29, 1.82) is 0 Å². The molecule has 0 radical (unpaired) electrons. The average molecular weight is 275 g/mol. The molecular weight excluding hydrogens is 258 g/mol. The van der Waals surface area contributed by atoms with Crippen molar-refractivity contribution < 1.29 is 4.74 Å². The molecule has 0 fully saturated rings. The van der Waals surface area contributed by atoms with E-state index in [0.29, 0.717) is 0 Å². The minimum atomic E-state index is -0.370. The molecule has 4 rings (SSSR count). The fourth-order valence-electron chi connectivity index (χ4n) is 3.39. The summed E-state index contributed by atoms with van der Waals surface area (Å²) in [6, 6.07) is 16.5. The van der Waals surface area contributed by atoms with Crippen LogP contribution in [-0.4, -0.2) is 4.98 Å². The summed E-state index contributed by atoms with van der Waals surface area (Å²) in [6.45, 7) is 6.40. The summed E-state index contributed by atoms with van der Waals surface area (Å²) in [7, 11) is 0. The van der Waals surface area contributed by atoms with Crippen LogP contribution >= 0.6 is 0 Å².